The van der Waals surface area contributed by atoms with E-state index in [9.17, 15) is 0 Å². The van der Waals surface area contributed by atoms with Gasteiger partial charge in [-0.3, -0.25) is 4.99 Å². The highest BCUT2D eigenvalue weighted by atomic mass is 35.5. The van der Waals surface area contributed by atoms with Crippen molar-refractivity contribution in [1.29, 1.82) is 0 Å². The molecule has 68 valence electrons. The van der Waals surface area contributed by atoms with Gasteiger partial charge in [0.15, 0.2) is 0 Å². The first-order valence-electron chi connectivity index (χ1n) is 3.69. The van der Waals surface area contributed by atoms with Crippen molar-refractivity contribution < 1.29 is 0 Å². The molecule has 0 amide bonds. The van der Waals surface area contributed by atoms with E-state index >= 15 is 0 Å². The first-order chi connectivity index (χ1) is 6.22. The molecule has 0 radical (unpaired) electrons. The van der Waals surface area contributed by atoms with Gasteiger partial charge >= 0.3 is 0 Å². The second-order valence-electron chi connectivity index (χ2n) is 2.40. The van der Waals surface area contributed by atoms with Crippen LogP contribution in [0.2, 0.25) is 5.02 Å². The van der Waals surface area contributed by atoms with Gasteiger partial charge in [-0.1, -0.05) is 17.7 Å². The van der Waals surface area contributed by atoms with Gasteiger partial charge in [-0.25, -0.2) is 0 Å². The van der Waals surface area contributed by atoms with Crippen molar-refractivity contribution in [3.05, 3.63) is 41.2 Å². The van der Waals surface area contributed by atoms with Gasteiger partial charge in [0, 0.05) is 11.2 Å². The lowest BCUT2D eigenvalue weighted by molar-refractivity contribution is 1.41. The number of hydrogen-bond donors (Lipinski definition) is 2. The molecule has 13 heavy (non-hydrogen) atoms. The number of nitrogens with two attached hydrogens (primary N) is 2. The van der Waals surface area contributed by atoms with Crippen LogP contribution in [-0.4, -0.2) is 6.21 Å². The second-order valence-corrected chi connectivity index (χ2v) is 2.84. The summed E-state index contributed by atoms with van der Waals surface area (Å²) < 4.78 is 0. The summed E-state index contributed by atoms with van der Waals surface area (Å²) in [6, 6.07) is 7.16. The molecule has 0 unspecified atom stereocenters. The summed E-state index contributed by atoms with van der Waals surface area (Å²) in [6.07, 6.45) is 2.76. The monoisotopic (exact) mass is 195 g/mol. The summed E-state index contributed by atoms with van der Waals surface area (Å²) in [7, 11) is 0. The standard InChI is InChI=1S/C9H10ClN3/c10-7-2-1-3-9(4-7)13-6-8(12)5-11/h1-6H,11-12H2/b8-5+,13-6?. The fraction of sp³-hybridized carbons (Fsp3) is 0. The van der Waals surface area contributed by atoms with Gasteiger partial charge in [0.25, 0.3) is 0 Å². The Morgan fingerprint density at radius 2 is 2.23 bits per heavy atom. The molecule has 0 heterocycles. The molecule has 0 bridgehead atoms. The molecule has 0 aliphatic carbocycles. The fourth-order valence-electron chi connectivity index (χ4n) is 0.749. The number of nitrogens with zero attached hydrogens (tertiary/aromatic N) is 1. The Morgan fingerprint density at radius 3 is 2.85 bits per heavy atom. The van der Waals surface area contributed by atoms with Gasteiger partial charge in [0.1, 0.15) is 0 Å². The Kier molecular flexibility index (Phi) is 3.34. The van der Waals surface area contributed by atoms with Crippen LogP contribution >= 0.6 is 11.6 Å². The minimum Gasteiger partial charge on any atom is -0.403 e. The van der Waals surface area contributed by atoms with Crippen LogP contribution < -0.4 is 11.5 Å². The summed E-state index contributed by atoms with van der Waals surface area (Å²) in [5.41, 5.74) is 11.7. The summed E-state index contributed by atoms with van der Waals surface area (Å²) in [6.45, 7) is 0. The smallest absolute Gasteiger partial charge is 0.0657 e. The molecule has 0 spiro atoms. The fourth-order valence-corrected chi connectivity index (χ4v) is 0.933. The van der Waals surface area contributed by atoms with Crippen LogP contribution in [0.3, 0.4) is 0 Å². The summed E-state index contributed by atoms with van der Waals surface area (Å²) in [4.78, 5) is 4.06. The molecule has 0 saturated carbocycles. The van der Waals surface area contributed by atoms with E-state index in [4.69, 9.17) is 23.1 Å². The highest BCUT2D eigenvalue weighted by molar-refractivity contribution is 6.30. The Labute approximate surface area is 81.7 Å². The van der Waals surface area contributed by atoms with Crippen molar-refractivity contribution in [2.75, 3.05) is 0 Å². The van der Waals surface area contributed by atoms with Crippen LogP contribution in [-0.2, 0) is 0 Å². The minimum atomic E-state index is 0.417. The Bertz CT molecular complexity index is 344. The van der Waals surface area contributed by atoms with Crippen molar-refractivity contribution in [1.82, 2.24) is 0 Å². The minimum absolute atomic E-state index is 0.417. The topological polar surface area (TPSA) is 64.4 Å². The normalized spacial score (nSPS) is 12.2. The van der Waals surface area contributed by atoms with Gasteiger partial charge in [-0.15, -0.1) is 0 Å². The molecule has 0 aliphatic heterocycles. The zero-order valence-corrected chi connectivity index (χ0v) is 7.70. The number of aliphatic imine (C=N–C) groups is 1. The van der Waals surface area contributed by atoms with E-state index in [0.717, 1.165) is 5.69 Å². The van der Waals surface area contributed by atoms with Crippen molar-refractivity contribution >= 4 is 23.5 Å². The molecular weight excluding hydrogens is 186 g/mol. The van der Waals surface area contributed by atoms with Gasteiger partial charge in [-0.05, 0) is 18.2 Å². The second kappa shape index (κ2) is 4.52. The molecule has 4 heteroatoms. The molecule has 1 aromatic rings. The number of benzene rings is 1. The van der Waals surface area contributed by atoms with Crippen molar-refractivity contribution in [3.8, 4) is 0 Å². The maximum atomic E-state index is 5.75. The molecule has 0 fully saturated rings. The highest BCUT2D eigenvalue weighted by Gasteiger charge is 1.89. The quantitative estimate of drug-likeness (QED) is 0.707. The Hall–Kier alpha value is -1.48. The Balaban J connectivity index is 2.80. The zero-order chi connectivity index (χ0) is 9.68. The van der Waals surface area contributed by atoms with Gasteiger partial charge in [0.2, 0.25) is 0 Å². The lowest BCUT2D eigenvalue weighted by Gasteiger charge is -1.93. The van der Waals surface area contributed by atoms with Crippen molar-refractivity contribution in [2.24, 2.45) is 16.5 Å². The van der Waals surface area contributed by atoms with Crippen LogP contribution in [0.25, 0.3) is 0 Å². The predicted molar refractivity (Wildman–Crippen MR) is 56.1 cm³/mol. The summed E-state index contributed by atoms with van der Waals surface area (Å²) in [5, 5.41) is 0.643. The van der Waals surface area contributed by atoms with Crippen LogP contribution in [0.1, 0.15) is 0 Å². The van der Waals surface area contributed by atoms with E-state index in [2.05, 4.69) is 4.99 Å². The van der Waals surface area contributed by atoms with E-state index in [-0.39, 0.29) is 0 Å². The van der Waals surface area contributed by atoms with E-state index < -0.39 is 0 Å². The lowest BCUT2D eigenvalue weighted by atomic mass is 10.3. The molecule has 0 aliphatic rings. The average molecular weight is 196 g/mol. The molecule has 0 saturated heterocycles. The van der Waals surface area contributed by atoms with Gasteiger partial charge in [0.05, 0.1) is 17.6 Å². The summed E-state index contributed by atoms with van der Waals surface area (Å²) in [5.74, 6) is 0. The van der Waals surface area contributed by atoms with Crippen LogP contribution in [0.5, 0.6) is 0 Å². The third-order valence-electron chi connectivity index (χ3n) is 1.36. The third-order valence-corrected chi connectivity index (χ3v) is 1.60. The van der Waals surface area contributed by atoms with Crippen LogP contribution in [0.15, 0.2) is 41.2 Å². The van der Waals surface area contributed by atoms with E-state index in [1.54, 1.807) is 12.1 Å². The maximum Gasteiger partial charge on any atom is 0.0657 e. The molecule has 1 aromatic carbocycles. The predicted octanol–water partition coefficient (Wildman–Crippen LogP) is 1.80. The van der Waals surface area contributed by atoms with E-state index in [1.165, 1.54) is 12.4 Å². The number of allylic oxidation sites excluding steroid dienone is 1. The molecular formula is C9H10ClN3. The third kappa shape index (κ3) is 3.17. The van der Waals surface area contributed by atoms with Crippen molar-refractivity contribution in [3.63, 3.8) is 0 Å². The largest absolute Gasteiger partial charge is 0.403 e. The molecule has 3 nitrogen and oxygen atoms in total. The first kappa shape index (κ1) is 9.61. The van der Waals surface area contributed by atoms with E-state index in [1.807, 2.05) is 12.1 Å². The molecule has 4 N–H and O–H groups in total. The van der Waals surface area contributed by atoms with Crippen LogP contribution in [0.4, 0.5) is 5.69 Å². The lowest BCUT2D eigenvalue weighted by Crippen LogP contribution is -2.00. The average Bonchev–Trinajstić information content (AvgIpc) is 2.14. The highest BCUT2D eigenvalue weighted by Crippen LogP contribution is 2.17. The zero-order valence-electron chi connectivity index (χ0n) is 6.94. The van der Waals surface area contributed by atoms with Gasteiger partial charge in [-0.2, -0.15) is 0 Å². The van der Waals surface area contributed by atoms with Crippen LogP contribution in [0, 0.1) is 0 Å². The SMILES string of the molecule is N/C=C(/N)C=Nc1cccc(Cl)c1. The summed E-state index contributed by atoms with van der Waals surface area (Å²) >= 11 is 5.75. The van der Waals surface area contributed by atoms with Crippen molar-refractivity contribution in [2.45, 2.75) is 0 Å². The number of hydrogen-bond acceptors (Lipinski definition) is 3. The number of halogens is 1. The van der Waals surface area contributed by atoms with Gasteiger partial charge < -0.3 is 11.5 Å². The number of rotatable bonds is 2. The maximum absolute atomic E-state index is 5.75. The Morgan fingerprint density at radius 1 is 1.46 bits per heavy atom. The first-order valence-corrected chi connectivity index (χ1v) is 4.07. The molecule has 0 aromatic heterocycles. The molecule has 1 rings (SSSR count). The van der Waals surface area contributed by atoms with E-state index in [0.29, 0.717) is 10.7 Å². The molecule has 0 atom stereocenters.